The molecule has 0 saturated carbocycles. The Balaban J connectivity index is 2.58. The molecule has 2 rings (SSSR count). The van der Waals surface area contributed by atoms with Crippen LogP contribution in [-0.2, 0) is 6.42 Å². The maximum Gasteiger partial charge on any atom is 0.195 e. The molecule has 2 aromatic rings. The predicted octanol–water partition coefficient (Wildman–Crippen LogP) is 4.20. The lowest BCUT2D eigenvalue weighted by Crippen LogP contribution is -1.79. The Labute approximate surface area is 95.4 Å². The highest BCUT2D eigenvalue weighted by molar-refractivity contribution is 9.10. The van der Waals surface area contributed by atoms with Crippen molar-refractivity contribution in [2.24, 2.45) is 0 Å². The number of benzene rings is 1. The van der Waals surface area contributed by atoms with Gasteiger partial charge in [0.25, 0.3) is 0 Å². The Bertz CT molecular complexity index is 466. The van der Waals surface area contributed by atoms with Crippen LogP contribution in [0.4, 0.5) is 0 Å². The molecule has 0 aliphatic rings. The van der Waals surface area contributed by atoms with Crippen molar-refractivity contribution in [1.82, 2.24) is 4.98 Å². The summed E-state index contributed by atoms with van der Waals surface area (Å²) in [7, 11) is 0. The zero-order valence-corrected chi connectivity index (χ0v) is 10.0. The standard InChI is InChI=1S/C10H9BrClNO/c1-2-3-9-13-8-5-6(11)4-7(12)10(8)14-9/h4-5H,2-3H2,1H3. The SMILES string of the molecule is CCCc1nc2cc(Br)cc(Cl)c2o1. The van der Waals surface area contributed by atoms with Crippen molar-refractivity contribution >= 4 is 38.6 Å². The highest BCUT2D eigenvalue weighted by Gasteiger charge is 2.09. The van der Waals surface area contributed by atoms with Crippen LogP contribution in [0.2, 0.25) is 5.02 Å². The molecule has 1 heterocycles. The first-order chi connectivity index (χ1) is 6.70. The van der Waals surface area contributed by atoms with Crippen molar-refractivity contribution in [2.75, 3.05) is 0 Å². The smallest absolute Gasteiger partial charge is 0.195 e. The number of halogens is 2. The lowest BCUT2D eigenvalue weighted by atomic mass is 10.3. The van der Waals surface area contributed by atoms with Crippen LogP contribution in [0.25, 0.3) is 11.1 Å². The fraction of sp³-hybridized carbons (Fsp3) is 0.300. The van der Waals surface area contributed by atoms with Crippen LogP contribution in [0, 0.1) is 0 Å². The molecule has 1 aromatic carbocycles. The molecule has 0 aliphatic heterocycles. The van der Waals surface area contributed by atoms with Gasteiger partial charge in [0.2, 0.25) is 0 Å². The van der Waals surface area contributed by atoms with Gasteiger partial charge < -0.3 is 4.42 Å². The first kappa shape index (κ1) is 9.99. The van der Waals surface area contributed by atoms with Crippen molar-refractivity contribution in [3.63, 3.8) is 0 Å². The van der Waals surface area contributed by atoms with Crippen LogP contribution in [-0.4, -0.2) is 4.98 Å². The van der Waals surface area contributed by atoms with E-state index in [1.54, 1.807) is 0 Å². The van der Waals surface area contributed by atoms with Crippen LogP contribution in [0.3, 0.4) is 0 Å². The van der Waals surface area contributed by atoms with E-state index in [9.17, 15) is 0 Å². The number of hydrogen-bond acceptors (Lipinski definition) is 2. The molecule has 0 radical (unpaired) electrons. The van der Waals surface area contributed by atoms with Crippen molar-refractivity contribution in [3.8, 4) is 0 Å². The third-order valence-corrected chi connectivity index (χ3v) is 2.66. The minimum atomic E-state index is 0.601. The predicted molar refractivity (Wildman–Crippen MR) is 60.7 cm³/mol. The van der Waals surface area contributed by atoms with Gasteiger partial charge in [0.05, 0.1) is 5.02 Å². The number of aromatic nitrogens is 1. The van der Waals surface area contributed by atoms with E-state index in [0.717, 1.165) is 28.7 Å². The molecule has 14 heavy (non-hydrogen) atoms. The summed E-state index contributed by atoms with van der Waals surface area (Å²) in [6.07, 6.45) is 1.87. The quantitative estimate of drug-likeness (QED) is 0.820. The molecule has 0 atom stereocenters. The van der Waals surface area contributed by atoms with Gasteiger partial charge in [0, 0.05) is 10.9 Å². The number of fused-ring (bicyclic) bond motifs is 1. The third kappa shape index (κ3) is 1.79. The van der Waals surface area contributed by atoms with Crippen molar-refractivity contribution in [1.29, 1.82) is 0 Å². The van der Waals surface area contributed by atoms with Gasteiger partial charge in [-0.2, -0.15) is 0 Å². The average Bonchev–Trinajstić information content (AvgIpc) is 2.48. The van der Waals surface area contributed by atoms with Crippen molar-refractivity contribution in [2.45, 2.75) is 19.8 Å². The molecule has 2 nitrogen and oxygen atoms in total. The monoisotopic (exact) mass is 273 g/mol. The third-order valence-electron chi connectivity index (χ3n) is 1.92. The van der Waals surface area contributed by atoms with E-state index in [2.05, 4.69) is 27.8 Å². The summed E-state index contributed by atoms with van der Waals surface area (Å²) in [6.45, 7) is 2.09. The Kier molecular flexibility index (Phi) is 2.79. The number of oxazole rings is 1. The van der Waals surface area contributed by atoms with Gasteiger partial charge in [-0.05, 0) is 18.6 Å². The molecule has 0 saturated heterocycles. The summed E-state index contributed by atoms with van der Waals surface area (Å²) in [6, 6.07) is 3.72. The molecule has 0 amide bonds. The molecule has 74 valence electrons. The number of rotatable bonds is 2. The zero-order valence-electron chi connectivity index (χ0n) is 7.68. The summed E-state index contributed by atoms with van der Waals surface area (Å²) in [5.41, 5.74) is 1.49. The van der Waals surface area contributed by atoms with E-state index in [1.807, 2.05) is 12.1 Å². The van der Waals surface area contributed by atoms with Crippen molar-refractivity contribution in [3.05, 3.63) is 27.5 Å². The van der Waals surface area contributed by atoms with Gasteiger partial charge in [-0.3, -0.25) is 0 Å². The van der Waals surface area contributed by atoms with Gasteiger partial charge in [-0.1, -0.05) is 34.5 Å². The Morgan fingerprint density at radius 2 is 2.29 bits per heavy atom. The first-order valence-electron chi connectivity index (χ1n) is 4.45. The van der Waals surface area contributed by atoms with E-state index in [1.165, 1.54) is 0 Å². The van der Waals surface area contributed by atoms with Gasteiger partial charge in [-0.15, -0.1) is 0 Å². The summed E-state index contributed by atoms with van der Waals surface area (Å²) >= 11 is 9.38. The maximum atomic E-state index is 6.01. The summed E-state index contributed by atoms with van der Waals surface area (Å²) in [5.74, 6) is 0.752. The van der Waals surface area contributed by atoms with E-state index in [0.29, 0.717) is 10.6 Å². The normalized spacial score (nSPS) is 11.1. The fourth-order valence-corrected chi connectivity index (χ4v) is 2.16. The molecule has 0 spiro atoms. The second kappa shape index (κ2) is 3.91. The van der Waals surface area contributed by atoms with Crippen LogP contribution in [0.15, 0.2) is 21.0 Å². The van der Waals surface area contributed by atoms with Gasteiger partial charge in [0.15, 0.2) is 11.5 Å². The lowest BCUT2D eigenvalue weighted by molar-refractivity contribution is 0.525. The molecule has 0 bridgehead atoms. The van der Waals surface area contributed by atoms with E-state index < -0.39 is 0 Å². The molecule has 1 aromatic heterocycles. The highest BCUT2D eigenvalue weighted by Crippen LogP contribution is 2.28. The lowest BCUT2D eigenvalue weighted by Gasteiger charge is -1.91. The molecule has 0 aliphatic carbocycles. The maximum absolute atomic E-state index is 6.01. The van der Waals surface area contributed by atoms with Crippen LogP contribution < -0.4 is 0 Å². The number of nitrogens with zero attached hydrogens (tertiary/aromatic N) is 1. The van der Waals surface area contributed by atoms with E-state index in [-0.39, 0.29) is 0 Å². The minimum absolute atomic E-state index is 0.601. The molecular formula is C10H9BrClNO. The largest absolute Gasteiger partial charge is 0.439 e. The summed E-state index contributed by atoms with van der Waals surface area (Å²) in [5, 5.41) is 0.601. The molecular weight excluding hydrogens is 265 g/mol. The number of aryl methyl sites for hydroxylation is 1. The van der Waals surface area contributed by atoms with Crippen LogP contribution >= 0.6 is 27.5 Å². The van der Waals surface area contributed by atoms with E-state index >= 15 is 0 Å². The Hall–Kier alpha value is -0.540. The molecule has 0 unspecified atom stereocenters. The Morgan fingerprint density at radius 1 is 1.50 bits per heavy atom. The zero-order chi connectivity index (χ0) is 10.1. The summed E-state index contributed by atoms with van der Waals surface area (Å²) in [4.78, 5) is 4.34. The van der Waals surface area contributed by atoms with Crippen molar-refractivity contribution < 1.29 is 4.42 Å². The Morgan fingerprint density at radius 3 is 3.00 bits per heavy atom. The number of hydrogen-bond donors (Lipinski definition) is 0. The van der Waals surface area contributed by atoms with Gasteiger partial charge >= 0.3 is 0 Å². The highest BCUT2D eigenvalue weighted by atomic mass is 79.9. The molecule has 0 fully saturated rings. The van der Waals surface area contributed by atoms with Gasteiger partial charge in [0.1, 0.15) is 5.52 Å². The van der Waals surface area contributed by atoms with Gasteiger partial charge in [-0.25, -0.2) is 4.98 Å². The fourth-order valence-electron chi connectivity index (χ4n) is 1.33. The average molecular weight is 275 g/mol. The van der Waals surface area contributed by atoms with Crippen LogP contribution in [0.5, 0.6) is 0 Å². The first-order valence-corrected chi connectivity index (χ1v) is 5.62. The second-order valence-electron chi connectivity index (χ2n) is 3.09. The second-order valence-corrected chi connectivity index (χ2v) is 4.42. The van der Waals surface area contributed by atoms with Crippen LogP contribution in [0.1, 0.15) is 19.2 Å². The summed E-state index contributed by atoms with van der Waals surface area (Å²) < 4.78 is 6.45. The topological polar surface area (TPSA) is 26.0 Å². The minimum Gasteiger partial charge on any atom is -0.439 e. The molecule has 0 N–H and O–H groups in total. The molecule has 4 heteroatoms. The van der Waals surface area contributed by atoms with E-state index in [4.69, 9.17) is 16.0 Å².